The lowest BCUT2D eigenvalue weighted by atomic mass is 10.4. The molecule has 8 nitrogen and oxygen atoms in total. The maximum Gasteiger partial charge on any atom is 0.422 e. The van der Waals surface area contributed by atoms with Crippen molar-refractivity contribution in [2.75, 3.05) is 13.2 Å². The summed E-state index contributed by atoms with van der Waals surface area (Å²) in [5, 5.41) is 0.0709. The molecule has 3 rings (SSSR count). The molecule has 12 heteroatoms. The van der Waals surface area contributed by atoms with E-state index in [9.17, 15) is 18.0 Å². The monoisotopic (exact) mass is 416 g/mol. The number of carbonyl (C=O) groups excluding carboxylic acids is 1. The third-order valence-electron chi connectivity index (χ3n) is 3.18. The first-order chi connectivity index (χ1) is 13.2. The van der Waals surface area contributed by atoms with Gasteiger partial charge in [-0.25, -0.2) is 19.7 Å². The van der Waals surface area contributed by atoms with Gasteiger partial charge in [0.1, 0.15) is 0 Å². The molecule has 0 spiro atoms. The maximum absolute atomic E-state index is 12.4. The van der Waals surface area contributed by atoms with E-state index in [1.54, 1.807) is 6.92 Å². The minimum Gasteiger partial charge on any atom is -0.478 e. The van der Waals surface area contributed by atoms with Crippen molar-refractivity contribution >= 4 is 23.2 Å². The Kier molecular flexibility index (Phi) is 5.54. The predicted molar refractivity (Wildman–Crippen MR) is 89.8 cm³/mol. The Morgan fingerprint density at radius 1 is 1.25 bits per heavy atom. The molecule has 0 aliphatic carbocycles. The van der Waals surface area contributed by atoms with E-state index in [0.29, 0.717) is 5.65 Å². The van der Waals surface area contributed by atoms with Crippen molar-refractivity contribution in [1.29, 1.82) is 0 Å². The molecule has 28 heavy (non-hydrogen) atoms. The van der Waals surface area contributed by atoms with Crippen molar-refractivity contribution in [3.63, 3.8) is 0 Å². The number of fused-ring (bicyclic) bond motifs is 1. The number of alkyl halides is 3. The molecule has 0 unspecified atom stereocenters. The molecule has 0 atom stereocenters. The highest BCUT2D eigenvalue weighted by atomic mass is 35.5. The molecule has 0 saturated heterocycles. The summed E-state index contributed by atoms with van der Waals surface area (Å²) in [5.74, 6) is -1.18. The number of carbonyl (C=O) groups is 1. The van der Waals surface area contributed by atoms with Crippen LogP contribution < -0.4 is 9.47 Å². The maximum atomic E-state index is 12.4. The first-order valence-corrected chi connectivity index (χ1v) is 8.18. The number of halogens is 4. The summed E-state index contributed by atoms with van der Waals surface area (Å²) >= 11 is 5.75. The molecule has 0 aromatic carbocycles. The van der Waals surface area contributed by atoms with Crippen LogP contribution in [0.1, 0.15) is 17.4 Å². The first-order valence-electron chi connectivity index (χ1n) is 7.80. The number of nitrogens with zero attached hydrogens (tertiary/aromatic N) is 4. The Labute approximate surface area is 160 Å². The minimum absolute atomic E-state index is 0.0213. The van der Waals surface area contributed by atoms with E-state index in [4.69, 9.17) is 25.8 Å². The summed E-state index contributed by atoms with van der Waals surface area (Å²) < 4.78 is 53.7. The molecular formula is C16H12ClF3N4O4. The number of imidazole rings is 1. The standard InChI is InChI=1S/C16H12ClF3N4O4/c1-2-26-15(25)10-6-24-7-13(21-5-12(24)23-10)28-14-11(3-9(17)4-22-14)27-8-16(18,19)20/h3-7H,2,8H2,1H3. The van der Waals surface area contributed by atoms with Crippen LogP contribution in [0.15, 0.2) is 30.9 Å². The Bertz CT molecular complexity index is 1010. The summed E-state index contributed by atoms with van der Waals surface area (Å²) in [6.45, 7) is 0.323. The highest BCUT2D eigenvalue weighted by Gasteiger charge is 2.29. The minimum atomic E-state index is -4.54. The van der Waals surface area contributed by atoms with Crippen molar-refractivity contribution in [2.45, 2.75) is 13.1 Å². The smallest absolute Gasteiger partial charge is 0.422 e. The summed E-state index contributed by atoms with van der Waals surface area (Å²) in [6.07, 6.45) is 0.723. The van der Waals surface area contributed by atoms with Crippen molar-refractivity contribution in [2.24, 2.45) is 0 Å². The van der Waals surface area contributed by atoms with Crippen molar-refractivity contribution in [3.8, 4) is 17.5 Å². The molecular weight excluding hydrogens is 405 g/mol. The lowest BCUT2D eigenvalue weighted by molar-refractivity contribution is -0.153. The van der Waals surface area contributed by atoms with Crippen LogP contribution in [-0.4, -0.2) is 44.7 Å². The van der Waals surface area contributed by atoms with Gasteiger partial charge in [-0.3, -0.25) is 4.40 Å². The number of rotatable bonds is 6. The SMILES string of the molecule is CCOC(=O)c1cn2cc(Oc3ncc(Cl)cc3OCC(F)(F)F)ncc2n1. The second-order valence-corrected chi connectivity index (χ2v) is 5.74. The van der Waals surface area contributed by atoms with Crippen LogP contribution in [0.2, 0.25) is 5.02 Å². The van der Waals surface area contributed by atoms with Crippen LogP contribution in [0.5, 0.6) is 17.5 Å². The highest BCUT2D eigenvalue weighted by molar-refractivity contribution is 6.30. The van der Waals surface area contributed by atoms with Crippen LogP contribution in [0, 0.1) is 0 Å². The third-order valence-corrected chi connectivity index (χ3v) is 3.39. The topological polar surface area (TPSA) is 87.8 Å². The van der Waals surface area contributed by atoms with Crippen molar-refractivity contribution < 1.29 is 32.2 Å². The average molecular weight is 417 g/mol. The van der Waals surface area contributed by atoms with Gasteiger partial charge in [0.2, 0.25) is 5.88 Å². The lowest BCUT2D eigenvalue weighted by Crippen LogP contribution is -2.19. The first kappa shape index (κ1) is 19.7. The van der Waals surface area contributed by atoms with Gasteiger partial charge in [0.05, 0.1) is 24.0 Å². The molecule has 148 valence electrons. The molecule has 0 saturated carbocycles. The van der Waals surface area contributed by atoms with Crippen LogP contribution in [0.3, 0.4) is 0 Å². The zero-order chi connectivity index (χ0) is 20.3. The number of ether oxygens (including phenoxy) is 3. The molecule has 3 aromatic heterocycles. The molecule has 3 heterocycles. The quantitative estimate of drug-likeness (QED) is 0.566. The average Bonchev–Trinajstić information content (AvgIpc) is 3.05. The summed E-state index contributed by atoms with van der Waals surface area (Å²) in [6, 6.07) is 1.14. The Balaban J connectivity index is 1.85. The number of hydrogen-bond acceptors (Lipinski definition) is 7. The fourth-order valence-corrected chi connectivity index (χ4v) is 2.23. The van der Waals surface area contributed by atoms with Crippen LogP contribution in [0.25, 0.3) is 5.65 Å². The fourth-order valence-electron chi connectivity index (χ4n) is 2.08. The number of hydrogen-bond donors (Lipinski definition) is 0. The second kappa shape index (κ2) is 7.89. The summed E-state index contributed by atoms with van der Waals surface area (Å²) in [7, 11) is 0. The number of aromatic nitrogens is 4. The van der Waals surface area contributed by atoms with Gasteiger partial charge in [-0.1, -0.05) is 11.6 Å². The molecule has 0 bridgehead atoms. The predicted octanol–water partition coefficient (Wildman–Crippen LogP) is 3.69. The van der Waals surface area contributed by atoms with E-state index >= 15 is 0 Å². The van der Waals surface area contributed by atoms with E-state index in [0.717, 1.165) is 6.07 Å². The molecule has 3 aromatic rings. The summed E-state index contributed by atoms with van der Waals surface area (Å²) in [4.78, 5) is 23.6. The van der Waals surface area contributed by atoms with Gasteiger partial charge >= 0.3 is 12.1 Å². The molecule has 0 aliphatic rings. The Hall–Kier alpha value is -3.08. The highest BCUT2D eigenvalue weighted by Crippen LogP contribution is 2.32. The molecule has 0 radical (unpaired) electrons. The molecule has 0 N–H and O–H groups in total. The van der Waals surface area contributed by atoms with Gasteiger partial charge in [-0.2, -0.15) is 13.2 Å². The molecule has 0 aliphatic heterocycles. The van der Waals surface area contributed by atoms with Crippen LogP contribution >= 0.6 is 11.6 Å². The Morgan fingerprint density at radius 3 is 2.75 bits per heavy atom. The van der Waals surface area contributed by atoms with Gasteiger partial charge < -0.3 is 14.2 Å². The van der Waals surface area contributed by atoms with Gasteiger partial charge in [0, 0.05) is 18.5 Å². The van der Waals surface area contributed by atoms with Gasteiger partial charge in [0.25, 0.3) is 5.88 Å². The van der Waals surface area contributed by atoms with E-state index in [2.05, 4.69) is 15.0 Å². The third kappa shape index (κ3) is 4.80. The van der Waals surface area contributed by atoms with E-state index in [1.807, 2.05) is 0 Å². The Morgan fingerprint density at radius 2 is 2.04 bits per heavy atom. The largest absolute Gasteiger partial charge is 0.478 e. The number of pyridine rings is 1. The van der Waals surface area contributed by atoms with Crippen molar-refractivity contribution in [3.05, 3.63) is 41.6 Å². The van der Waals surface area contributed by atoms with Crippen LogP contribution in [-0.2, 0) is 4.74 Å². The van der Waals surface area contributed by atoms with Gasteiger partial charge in [-0.15, -0.1) is 0 Å². The van der Waals surface area contributed by atoms with Crippen molar-refractivity contribution in [1.82, 2.24) is 19.4 Å². The summed E-state index contributed by atoms with van der Waals surface area (Å²) in [5.41, 5.74) is 0.410. The normalized spacial score (nSPS) is 11.5. The number of esters is 1. The van der Waals surface area contributed by atoms with E-state index < -0.39 is 18.8 Å². The molecule has 0 amide bonds. The fraction of sp³-hybridized carbons (Fsp3) is 0.250. The van der Waals surface area contributed by atoms with E-state index in [-0.39, 0.29) is 34.8 Å². The zero-order valence-corrected chi connectivity index (χ0v) is 15.0. The lowest BCUT2D eigenvalue weighted by Gasteiger charge is -2.12. The second-order valence-electron chi connectivity index (χ2n) is 5.30. The van der Waals surface area contributed by atoms with E-state index in [1.165, 1.54) is 29.2 Å². The van der Waals surface area contributed by atoms with Gasteiger partial charge in [0.15, 0.2) is 23.7 Å². The molecule has 0 fully saturated rings. The van der Waals surface area contributed by atoms with Gasteiger partial charge in [-0.05, 0) is 6.92 Å². The van der Waals surface area contributed by atoms with Crippen LogP contribution in [0.4, 0.5) is 13.2 Å². The zero-order valence-electron chi connectivity index (χ0n) is 14.2.